The maximum atomic E-state index is 5.48. The second-order valence-electron chi connectivity index (χ2n) is 5.49. The lowest BCUT2D eigenvalue weighted by molar-refractivity contribution is 0.351. The summed E-state index contributed by atoms with van der Waals surface area (Å²) in [7, 11) is 3.90. The first-order chi connectivity index (χ1) is 8.61. The summed E-state index contributed by atoms with van der Waals surface area (Å²) in [6, 6.07) is 6.50. The van der Waals surface area contributed by atoms with Crippen molar-refractivity contribution in [3.05, 3.63) is 23.8 Å². The van der Waals surface area contributed by atoms with Crippen LogP contribution in [0.15, 0.2) is 18.2 Å². The molecule has 3 nitrogen and oxygen atoms in total. The molecule has 0 amide bonds. The van der Waals surface area contributed by atoms with E-state index in [1.165, 1.54) is 11.3 Å². The van der Waals surface area contributed by atoms with Crippen LogP contribution in [0.4, 0.5) is 5.69 Å². The molecule has 1 saturated heterocycles. The molecule has 0 saturated carbocycles. The molecule has 1 N–H and O–H groups in total. The zero-order valence-corrected chi connectivity index (χ0v) is 11.9. The molecule has 1 aliphatic heterocycles. The summed E-state index contributed by atoms with van der Waals surface area (Å²) >= 11 is 0. The quantitative estimate of drug-likeness (QED) is 0.866. The van der Waals surface area contributed by atoms with Crippen molar-refractivity contribution in [2.45, 2.75) is 19.8 Å². The molecular weight excluding hydrogens is 224 g/mol. The van der Waals surface area contributed by atoms with Gasteiger partial charge in [0.15, 0.2) is 0 Å². The SMILES string of the molecule is COc1ccc(C(C)C)cc1N(C)CC1CNC1. The molecule has 1 aromatic carbocycles. The smallest absolute Gasteiger partial charge is 0.142 e. The number of methoxy groups -OCH3 is 1. The van der Waals surface area contributed by atoms with Crippen LogP contribution in [0.3, 0.4) is 0 Å². The fraction of sp³-hybridized carbons (Fsp3) is 0.600. The molecule has 2 rings (SSSR count). The normalized spacial score (nSPS) is 15.6. The third-order valence-corrected chi connectivity index (χ3v) is 3.68. The van der Waals surface area contributed by atoms with Gasteiger partial charge in [0.05, 0.1) is 12.8 Å². The predicted molar refractivity (Wildman–Crippen MR) is 76.7 cm³/mol. The number of hydrogen-bond donors (Lipinski definition) is 1. The summed E-state index contributed by atoms with van der Waals surface area (Å²) in [6.07, 6.45) is 0. The molecule has 0 atom stereocenters. The standard InChI is InChI=1S/C15H24N2O/c1-11(2)13-5-6-15(18-4)14(7-13)17(3)10-12-8-16-9-12/h5-7,11-12,16H,8-10H2,1-4H3. The molecule has 0 radical (unpaired) electrons. The molecule has 0 aromatic heterocycles. The first-order valence-electron chi connectivity index (χ1n) is 6.71. The Labute approximate surface area is 110 Å². The van der Waals surface area contributed by atoms with Crippen molar-refractivity contribution in [1.29, 1.82) is 0 Å². The molecule has 1 aromatic rings. The van der Waals surface area contributed by atoms with Gasteiger partial charge in [0.2, 0.25) is 0 Å². The number of ether oxygens (including phenoxy) is 1. The number of hydrogen-bond acceptors (Lipinski definition) is 3. The van der Waals surface area contributed by atoms with E-state index in [0.29, 0.717) is 5.92 Å². The molecule has 18 heavy (non-hydrogen) atoms. The van der Waals surface area contributed by atoms with Gasteiger partial charge in [-0.2, -0.15) is 0 Å². The molecule has 3 heteroatoms. The minimum Gasteiger partial charge on any atom is -0.495 e. The van der Waals surface area contributed by atoms with Gasteiger partial charge >= 0.3 is 0 Å². The fourth-order valence-electron chi connectivity index (χ4n) is 2.33. The van der Waals surface area contributed by atoms with Gasteiger partial charge in [-0.25, -0.2) is 0 Å². The summed E-state index contributed by atoms with van der Waals surface area (Å²) in [5.74, 6) is 2.28. The van der Waals surface area contributed by atoms with Gasteiger partial charge < -0.3 is 15.0 Å². The fourth-order valence-corrected chi connectivity index (χ4v) is 2.33. The summed E-state index contributed by atoms with van der Waals surface area (Å²) in [5, 5.41) is 3.32. The zero-order chi connectivity index (χ0) is 13.1. The zero-order valence-electron chi connectivity index (χ0n) is 11.9. The van der Waals surface area contributed by atoms with Crippen LogP contribution in [0.5, 0.6) is 5.75 Å². The first-order valence-corrected chi connectivity index (χ1v) is 6.71. The van der Waals surface area contributed by atoms with Crippen molar-refractivity contribution >= 4 is 5.69 Å². The van der Waals surface area contributed by atoms with Crippen LogP contribution in [0, 0.1) is 5.92 Å². The van der Waals surface area contributed by atoms with Crippen LogP contribution in [0.2, 0.25) is 0 Å². The van der Waals surface area contributed by atoms with E-state index in [-0.39, 0.29) is 0 Å². The Morgan fingerprint density at radius 2 is 2.11 bits per heavy atom. The van der Waals surface area contributed by atoms with Crippen LogP contribution < -0.4 is 15.0 Å². The molecule has 0 bridgehead atoms. The highest BCUT2D eigenvalue weighted by molar-refractivity contribution is 5.60. The van der Waals surface area contributed by atoms with E-state index < -0.39 is 0 Å². The van der Waals surface area contributed by atoms with Gasteiger partial charge in [-0.3, -0.25) is 0 Å². The monoisotopic (exact) mass is 248 g/mol. The maximum absolute atomic E-state index is 5.48. The van der Waals surface area contributed by atoms with Gasteiger partial charge in [0.1, 0.15) is 5.75 Å². The van der Waals surface area contributed by atoms with E-state index in [4.69, 9.17) is 4.74 Å². The number of nitrogens with zero attached hydrogens (tertiary/aromatic N) is 1. The molecule has 1 fully saturated rings. The molecule has 0 aliphatic carbocycles. The average molecular weight is 248 g/mol. The van der Waals surface area contributed by atoms with Crippen molar-refractivity contribution in [1.82, 2.24) is 5.32 Å². The Morgan fingerprint density at radius 3 is 2.61 bits per heavy atom. The van der Waals surface area contributed by atoms with E-state index in [1.807, 2.05) is 0 Å². The third-order valence-electron chi connectivity index (χ3n) is 3.68. The second kappa shape index (κ2) is 5.61. The number of rotatable bonds is 5. The van der Waals surface area contributed by atoms with E-state index in [2.05, 4.69) is 49.3 Å². The van der Waals surface area contributed by atoms with Crippen molar-refractivity contribution in [3.8, 4) is 5.75 Å². The molecule has 1 aliphatic rings. The largest absolute Gasteiger partial charge is 0.495 e. The van der Waals surface area contributed by atoms with Gasteiger partial charge in [-0.05, 0) is 23.6 Å². The Hall–Kier alpha value is -1.22. The van der Waals surface area contributed by atoms with Gasteiger partial charge in [0.25, 0.3) is 0 Å². The molecule has 0 unspecified atom stereocenters. The Kier molecular flexibility index (Phi) is 4.12. The van der Waals surface area contributed by atoms with Crippen LogP contribution in [0.1, 0.15) is 25.3 Å². The lowest BCUT2D eigenvalue weighted by atomic mass is 10.0. The van der Waals surface area contributed by atoms with Crippen LogP contribution in [-0.2, 0) is 0 Å². The lowest BCUT2D eigenvalue weighted by Gasteiger charge is -2.33. The van der Waals surface area contributed by atoms with Crippen molar-refractivity contribution in [3.63, 3.8) is 0 Å². The highest BCUT2D eigenvalue weighted by atomic mass is 16.5. The maximum Gasteiger partial charge on any atom is 0.142 e. The highest BCUT2D eigenvalue weighted by Gasteiger charge is 2.20. The van der Waals surface area contributed by atoms with Gasteiger partial charge in [-0.1, -0.05) is 19.9 Å². The van der Waals surface area contributed by atoms with Crippen LogP contribution in [0.25, 0.3) is 0 Å². The second-order valence-corrected chi connectivity index (χ2v) is 5.49. The molecule has 100 valence electrons. The summed E-state index contributed by atoms with van der Waals surface area (Å²) in [5.41, 5.74) is 2.57. The molecule has 1 heterocycles. The number of benzene rings is 1. The van der Waals surface area contributed by atoms with Crippen LogP contribution in [-0.4, -0.2) is 33.8 Å². The lowest BCUT2D eigenvalue weighted by Crippen LogP contribution is -2.47. The summed E-state index contributed by atoms with van der Waals surface area (Å²) < 4.78 is 5.48. The third kappa shape index (κ3) is 2.78. The van der Waals surface area contributed by atoms with E-state index in [9.17, 15) is 0 Å². The topological polar surface area (TPSA) is 24.5 Å². The van der Waals surface area contributed by atoms with Crippen molar-refractivity contribution in [2.75, 3.05) is 38.7 Å². The van der Waals surface area contributed by atoms with Crippen molar-refractivity contribution in [2.24, 2.45) is 5.92 Å². The minimum atomic E-state index is 0.549. The summed E-state index contributed by atoms with van der Waals surface area (Å²) in [4.78, 5) is 2.32. The minimum absolute atomic E-state index is 0.549. The van der Waals surface area contributed by atoms with Gasteiger partial charge in [0, 0.05) is 32.6 Å². The number of anilines is 1. The Balaban J connectivity index is 2.18. The average Bonchev–Trinajstić information content (AvgIpc) is 2.32. The highest BCUT2D eigenvalue weighted by Crippen LogP contribution is 2.31. The first kappa shape index (κ1) is 13.2. The Bertz CT molecular complexity index is 399. The van der Waals surface area contributed by atoms with Gasteiger partial charge in [-0.15, -0.1) is 0 Å². The molecule has 0 spiro atoms. The number of nitrogens with one attached hydrogen (secondary N) is 1. The predicted octanol–water partition coefficient (Wildman–Crippen LogP) is 2.47. The molecular formula is C15H24N2O. The van der Waals surface area contributed by atoms with E-state index in [1.54, 1.807) is 7.11 Å². The summed E-state index contributed by atoms with van der Waals surface area (Å²) in [6.45, 7) is 7.81. The van der Waals surface area contributed by atoms with E-state index in [0.717, 1.165) is 31.3 Å². The van der Waals surface area contributed by atoms with Crippen LogP contribution >= 0.6 is 0 Å². The Morgan fingerprint density at radius 1 is 1.39 bits per heavy atom. The van der Waals surface area contributed by atoms with E-state index >= 15 is 0 Å². The van der Waals surface area contributed by atoms with Crippen molar-refractivity contribution < 1.29 is 4.74 Å².